The smallest absolute Gasteiger partial charge is 0.326 e. The van der Waals surface area contributed by atoms with Crippen molar-refractivity contribution in [3.05, 3.63) is 0 Å². The molecular weight excluding hydrogens is 206 g/mol. The predicted molar refractivity (Wildman–Crippen MR) is 57.4 cm³/mol. The summed E-state index contributed by atoms with van der Waals surface area (Å²) in [6.07, 6.45) is 8.33. The van der Waals surface area contributed by atoms with Crippen molar-refractivity contribution in [3.63, 3.8) is 0 Å². The SMILES string of the molecule is C#CC1CC(=O)N(C(CC2CC2)C(=O)O)C1. The van der Waals surface area contributed by atoms with E-state index in [0.29, 0.717) is 25.3 Å². The van der Waals surface area contributed by atoms with Crippen LogP contribution in [-0.2, 0) is 9.59 Å². The highest BCUT2D eigenvalue weighted by molar-refractivity contribution is 5.85. The molecular formula is C12H15NO3. The van der Waals surface area contributed by atoms with Crippen LogP contribution in [0.5, 0.6) is 0 Å². The fraction of sp³-hybridized carbons (Fsp3) is 0.667. The average molecular weight is 221 g/mol. The molecule has 2 atom stereocenters. The van der Waals surface area contributed by atoms with E-state index in [-0.39, 0.29) is 11.8 Å². The molecule has 1 saturated carbocycles. The number of carboxylic acids is 1. The first-order valence-electron chi connectivity index (χ1n) is 5.60. The van der Waals surface area contributed by atoms with Crippen LogP contribution in [0.15, 0.2) is 0 Å². The zero-order valence-electron chi connectivity index (χ0n) is 9.06. The molecule has 0 aromatic heterocycles. The van der Waals surface area contributed by atoms with Crippen LogP contribution in [0.1, 0.15) is 25.7 Å². The Morgan fingerprint density at radius 3 is 2.75 bits per heavy atom. The van der Waals surface area contributed by atoms with Crippen molar-refractivity contribution in [1.82, 2.24) is 4.90 Å². The summed E-state index contributed by atoms with van der Waals surface area (Å²) in [4.78, 5) is 24.3. The van der Waals surface area contributed by atoms with Gasteiger partial charge in [-0.3, -0.25) is 4.79 Å². The molecule has 0 aromatic rings. The standard InChI is InChI=1S/C12H15NO3/c1-2-8-6-11(14)13(7-8)10(12(15)16)5-9-3-4-9/h1,8-10H,3-7H2,(H,15,16). The van der Waals surface area contributed by atoms with E-state index in [4.69, 9.17) is 11.5 Å². The number of hydrogen-bond donors (Lipinski definition) is 1. The van der Waals surface area contributed by atoms with Gasteiger partial charge >= 0.3 is 5.97 Å². The predicted octanol–water partition coefficient (Wildman–Crippen LogP) is 0.721. The molecule has 1 amide bonds. The highest BCUT2D eigenvalue weighted by atomic mass is 16.4. The molecule has 1 aliphatic heterocycles. The Hall–Kier alpha value is -1.50. The zero-order chi connectivity index (χ0) is 11.7. The van der Waals surface area contributed by atoms with E-state index in [2.05, 4.69) is 5.92 Å². The molecule has 4 heteroatoms. The number of carbonyl (C=O) groups excluding carboxylic acids is 1. The Morgan fingerprint density at radius 1 is 1.62 bits per heavy atom. The second-order valence-corrected chi connectivity index (χ2v) is 4.65. The quantitative estimate of drug-likeness (QED) is 0.712. The molecule has 1 N–H and O–H groups in total. The van der Waals surface area contributed by atoms with Crippen molar-refractivity contribution >= 4 is 11.9 Å². The van der Waals surface area contributed by atoms with E-state index in [1.54, 1.807) is 0 Å². The largest absolute Gasteiger partial charge is 0.480 e. The fourth-order valence-electron chi connectivity index (χ4n) is 2.18. The van der Waals surface area contributed by atoms with Gasteiger partial charge in [0.05, 0.1) is 0 Å². The van der Waals surface area contributed by atoms with Gasteiger partial charge in [-0.15, -0.1) is 12.3 Å². The Kier molecular flexibility index (Phi) is 2.86. The maximum atomic E-state index is 11.7. The first-order chi connectivity index (χ1) is 7.61. The number of carbonyl (C=O) groups is 2. The van der Waals surface area contributed by atoms with Gasteiger partial charge in [-0.2, -0.15) is 0 Å². The summed E-state index contributed by atoms with van der Waals surface area (Å²) in [5.41, 5.74) is 0. The third-order valence-corrected chi connectivity index (χ3v) is 3.31. The van der Waals surface area contributed by atoms with Crippen LogP contribution in [0, 0.1) is 24.2 Å². The van der Waals surface area contributed by atoms with Crippen molar-refractivity contribution in [2.24, 2.45) is 11.8 Å². The molecule has 0 aromatic carbocycles. The number of rotatable bonds is 4. The second-order valence-electron chi connectivity index (χ2n) is 4.65. The zero-order valence-corrected chi connectivity index (χ0v) is 9.06. The number of hydrogen-bond acceptors (Lipinski definition) is 2. The van der Waals surface area contributed by atoms with Gasteiger partial charge in [-0.05, 0) is 12.3 Å². The van der Waals surface area contributed by atoms with E-state index in [1.807, 2.05) is 0 Å². The highest BCUT2D eigenvalue weighted by Crippen LogP contribution is 2.36. The second kappa shape index (κ2) is 4.17. The fourth-order valence-corrected chi connectivity index (χ4v) is 2.18. The lowest BCUT2D eigenvalue weighted by Gasteiger charge is -2.24. The molecule has 1 aliphatic carbocycles. The summed E-state index contributed by atoms with van der Waals surface area (Å²) in [6.45, 7) is 0.402. The first kappa shape index (κ1) is 11.0. The number of terminal acetylenes is 1. The summed E-state index contributed by atoms with van der Waals surface area (Å²) >= 11 is 0. The summed E-state index contributed by atoms with van der Waals surface area (Å²) < 4.78 is 0. The minimum absolute atomic E-state index is 0.115. The van der Waals surface area contributed by atoms with Gasteiger partial charge in [-0.25, -0.2) is 4.79 Å². The molecule has 2 fully saturated rings. The molecule has 0 spiro atoms. The molecule has 86 valence electrons. The number of aliphatic carboxylic acids is 1. The van der Waals surface area contributed by atoms with E-state index in [0.717, 1.165) is 12.8 Å². The average Bonchev–Trinajstić information content (AvgIpc) is 2.98. The molecule has 2 rings (SSSR count). The topological polar surface area (TPSA) is 57.6 Å². The van der Waals surface area contributed by atoms with Crippen LogP contribution in [0.2, 0.25) is 0 Å². The highest BCUT2D eigenvalue weighted by Gasteiger charge is 2.39. The lowest BCUT2D eigenvalue weighted by Crippen LogP contribution is -2.42. The van der Waals surface area contributed by atoms with Crippen LogP contribution in [0.4, 0.5) is 0 Å². The van der Waals surface area contributed by atoms with Crippen LogP contribution >= 0.6 is 0 Å². The van der Waals surface area contributed by atoms with E-state index < -0.39 is 12.0 Å². The molecule has 4 nitrogen and oxygen atoms in total. The van der Waals surface area contributed by atoms with Crippen LogP contribution in [0.3, 0.4) is 0 Å². The maximum absolute atomic E-state index is 11.7. The van der Waals surface area contributed by atoms with Gasteiger partial charge in [0, 0.05) is 18.9 Å². The molecule has 1 saturated heterocycles. The summed E-state index contributed by atoms with van der Waals surface area (Å²) in [5.74, 6) is 1.88. The Balaban J connectivity index is 2.04. The van der Waals surface area contributed by atoms with E-state index in [1.165, 1.54) is 4.90 Å². The van der Waals surface area contributed by atoms with Gasteiger partial charge in [0.1, 0.15) is 6.04 Å². The van der Waals surface area contributed by atoms with E-state index >= 15 is 0 Å². The van der Waals surface area contributed by atoms with Crippen molar-refractivity contribution < 1.29 is 14.7 Å². The van der Waals surface area contributed by atoms with Crippen LogP contribution in [0.25, 0.3) is 0 Å². The Morgan fingerprint density at radius 2 is 2.31 bits per heavy atom. The summed E-state index contributed by atoms with van der Waals surface area (Å²) in [6, 6.07) is -0.668. The van der Waals surface area contributed by atoms with Crippen molar-refractivity contribution in [3.8, 4) is 12.3 Å². The molecule has 0 radical (unpaired) electrons. The first-order valence-corrected chi connectivity index (χ1v) is 5.60. The molecule has 2 aliphatic rings. The van der Waals surface area contributed by atoms with Gasteiger partial charge in [0.15, 0.2) is 0 Å². The Labute approximate surface area is 94.6 Å². The molecule has 0 bridgehead atoms. The number of carboxylic acid groups (broad SMARTS) is 1. The lowest BCUT2D eigenvalue weighted by atomic mass is 10.1. The van der Waals surface area contributed by atoms with Crippen LogP contribution in [-0.4, -0.2) is 34.5 Å². The number of amides is 1. The third-order valence-electron chi connectivity index (χ3n) is 3.31. The molecule has 16 heavy (non-hydrogen) atoms. The lowest BCUT2D eigenvalue weighted by molar-refractivity contribution is -0.148. The minimum atomic E-state index is -0.905. The summed E-state index contributed by atoms with van der Waals surface area (Å²) in [5, 5.41) is 9.14. The van der Waals surface area contributed by atoms with Gasteiger partial charge < -0.3 is 10.0 Å². The number of likely N-dealkylation sites (tertiary alicyclic amines) is 1. The normalized spacial score (nSPS) is 26.6. The summed E-state index contributed by atoms with van der Waals surface area (Å²) in [7, 11) is 0. The van der Waals surface area contributed by atoms with Crippen molar-refractivity contribution in [2.75, 3.05) is 6.54 Å². The van der Waals surface area contributed by atoms with E-state index in [9.17, 15) is 9.59 Å². The third kappa shape index (κ3) is 2.19. The van der Waals surface area contributed by atoms with Crippen molar-refractivity contribution in [1.29, 1.82) is 0 Å². The van der Waals surface area contributed by atoms with Crippen LogP contribution < -0.4 is 0 Å². The van der Waals surface area contributed by atoms with Gasteiger partial charge in [0.2, 0.25) is 5.91 Å². The van der Waals surface area contributed by atoms with Gasteiger partial charge in [-0.1, -0.05) is 12.8 Å². The monoisotopic (exact) mass is 221 g/mol. The minimum Gasteiger partial charge on any atom is -0.480 e. The maximum Gasteiger partial charge on any atom is 0.326 e. The molecule has 1 heterocycles. The van der Waals surface area contributed by atoms with Gasteiger partial charge in [0.25, 0.3) is 0 Å². The molecule has 2 unspecified atom stereocenters. The Bertz CT molecular complexity index is 354. The number of nitrogens with zero attached hydrogens (tertiary/aromatic N) is 1. The van der Waals surface area contributed by atoms with Crippen molar-refractivity contribution in [2.45, 2.75) is 31.7 Å².